The fourth-order valence-electron chi connectivity index (χ4n) is 3.12. The Labute approximate surface area is 214 Å². The van der Waals surface area contributed by atoms with Crippen LogP contribution in [0.2, 0.25) is 0 Å². The van der Waals surface area contributed by atoms with Gasteiger partial charge >= 0.3 is 12.1 Å². The molecule has 3 amide bonds. The molecule has 0 saturated carbocycles. The Balaban J connectivity index is 2.14. The van der Waals surface area contributed by atoms with Gasteiger partial charge in [-0.05, 0) is 56.0 Å². The van der Waals surface area contributed by atoms with Crippen LogP contribution in [0.1, 0.15) is 71.0 Å². The molecule has 2 aromatic rings. The molecule has 2 rings (SSSR count). The van der Waals surface area contributed by atoms with E-state index in [0.29, 0.717) is 10.4 Å². The van der Waals surface area contributed by atoms with Crippen LogP contribution in [0.4, 0.5) is 4.79 Å². The number of alkyl carbamates (subject to hydrolysis) is 1. The van der Waals surface area contributed by atoms with Crippen molar-refractivity contribution in [1.29, 1.82) is 0 Å². The van der Waals surface area contributed by atoms with Crippen LogP contribution in [-0.4, -0.2) is 54.3 Å². The van der Waals surface area contributed by atoms with E-state index in [-0.39, 0.29) is 35.5 Å². The molecule has 11 heteroatoms. The van der Waals surface area contributed by atoms with Crippen molar-refractivity contribution in [2.45, 2.75) is 58.7 Å². The number of carbonyl (C=O) groups excluding carboxylic acids is 4. The van der Waals surface area contributed by atoms with E-state index in [4.69, 9.17) is 9.47 Å². The van der Waals surface area contributed by atoms with E-state index in [0.717, 1.165) is 16.9 Å². The normalized spacial score (nSPS) is 12.0. The zero-order chi connectivity index (χ0) is 27.0. The van der Waals surface area contributed by atoms with Crippen molar-refractivity contribution in [1.82, 2.24) is 16.0 Å². The van der Waals surface area contributed by atoms with Crippen LogP contribution in [0, 0.1) is 0 Å². The van der Waals surface area contributed by atoms with Gasteiger partial charge < -0.3 is 30.5 Å². The molecule has 0 saturated heterocycles. The van der Waals surface area contributed by atoms with Crippen LogP contribution < -0.4 is 16.0 Å². The minimum absolute atomic E-state index is 0.0777. The standard InChI is InChI=1S/C25H33N3O7S/c1-14(2)17-11-19(21(30)26-12-15-8-7-9-16(29)10-15)36-20(17)22(31)28-18(23(32)34-6)13-27-24(33)35-25(3,4)5/h7-11,14,18,29H,12-13H2,1-6H3,(H,26,30)(H,27,33)(H,28,31). The predicted molar refractivity (Wildman–Crippen MR) is 135 cm³/mol. The van der Waals surface area contributed by atoms with Crippen LogP contribution in [0.3, 0.4) is 0 Å². The Bertz CT molecular complexity index is 1110. The van der Waals surface area contributed by atoms with Gasteiger partial charge in [0, 0.05) is 6.54 Å². The van der Waals surface area contributed by atoms with E-state index < -0.39 is 29.6 Å². The lowest BCUT2D eigenvalue weighted by molar-refractivity contribution is -0.142. The van der Waals surface area contributed by atoms with Crippen molar-refractivity contribution in [3.05, 3.63) is 51.2 Å². The summed E-state index contributed by atoms with van der Waals surface area (Å²) in [5.41, 5.74) is 0.638. The summed E-state index contributed by atoms with van der Waals surface area (Å²) >= 11 is 0.998. The van der Waals surface area contributed by atoms with Crippen molar-refractivity contribution >= 4 is 35.2 Å². The number of esters is 1. The second kappa shape index (κ2) is 12.4. The van der Waals surface area contributed by atoms with Crippen molar-refractivity contribution in [3.8, 4) is 5.75 Å². The van der Waals surface area contributed by atoms with Crippen LogP contribution >= 0.6 is 11.3 Å². The highest BCUT2D eigenvalue weighted by atomic mass is 32.1. The largest absolute Gasteiger partial charge is 0.508 e. The number of carbonyl (C=O) groups is 4. The van der Waals surface area contributed by atoms with Gasteiger partial charge in [0.1, 0.15) is 17.4 Å². The molecule has 1 heterocycles. The number of thiophene rings is 1. The molecule has 1 atom stereocenters. The highest BCUT2D eigenvalue weighted by Crippen LogP contribution is 2.29. The summed E-state index contributed by atoms with van der Waals surface area (Å²) in [5, 5.41) is 17.4. The van der Waals surface area contributed by atoms with E-state index in [9.17, 15) is 24.3 Å². The summed E-state index contributed by atoms with van der Waals surface area (Å²) < 4.78 is 9.92. The molecule has 0 aliphatic heterocycles. The highest BCUT2D eigenvalue weighted by Gasteiger charge is 2.28. The third-order valence-electron chi connectivity index (χ3n) is 4.82. The second-order valence-corrected chi connectivity index (χ2v) is 10.4. The van der Waals surface area contributed by atoms with E-state index in [1.54, 1.807) is 45.0 Å². The number of amides is 3. The maximum atomic E-state index is 13.1. The Kier molecular flexibility index (Phi) is 9.85. The third-order valence-corrected chi connectivity index (χ3v) is 5.97. The molecule has 0 radical (unpaired) electrons. The average molecular weight is 520 g/mol. The number of phenols is 1. The number of ether oxygens (including phenoxy) is 2. The average Bonchev–Trinajstić information content (AvgIpc) is 3.24. The smallest absolute Gasteiger partial charge is 0.407 e. The Hall–Kier alpha value is -3.60. The Morgan fingerprint density at radius 3 is 2.33 bits per heavy atom. The summed E-state index contributed by atoms with van der Waals surface area (Å²) in [6, 6.07) is 7.01. The fraction of sp³-hybridized carbons (Fsp3) is 0.440. The monoisotopic (exact) mass is 519 g/mol. The zero-order valence-corrected chi connectivity index (χ0v) is 22.1. The Morgan fingerprint density at radius 2 is 1.75 bits per heavy atom. The number of nitrogens with one attached hydrogen (secondary N) is 3. The molecule has 1 aromatic carbocycles. The molecule has 0 spiro atoms. The minimum Gasteiger partial charge on any atom is -0.508 e. The van der Waals surface area contributed by atoms with Gasteiger partial charge in [-0.1, -0.05) is 26.0 Å². The quantitative estimate of drug-likeness (QED) is 0.372. The zero-order valence-electron chi connectivity index (χ0n) is 21.3. The topological polar surface area (TPSA) is 143 Å². The second-order valence-electron chi connectivity index (χ2n) is 9.33. The highest BCUT2D eigenvalue weighted by molar-refractivity contribution is 7.16. The van der Waals surface area contributed by atoms with Crippen LogP contribution in [0.5, 0.6) is 5.75 Å². The molecule has 196 valence electrons. The first-order valence-corrected chi connectivity index (χ1v) is 12.2. The van der Waals surface area contributed by atoms with Crippen LogP contribution in [0.15, 0.2) is 30.3 Å². The molecule has 0 aliphatic carbocycles. The first-order chi connectivity index (χ1) is 16.8. The lowest BCUT2D eigenvalue weighted by atomic mass is 10.0. The summed E-state index contributed by atoms with van der Waals surface area (Å²) in [6.07, 6.45) is -0.740. The molecule has 0 fully saturated rings. The van der Waals surface area contributed by atoms with E-state index in [2.05, 4.69) is 16.0 Å². The van der Waals surface area contributed by atoms with Crippen molar-refractivity contribution in [2.24, 2.45) is 0 Å². The van der Waals surface area contributed by atoms with Crippen molar-refractivity contribution in [2.75, 3.05) is 13.7 Å². The SMILES string of the molecule is COC(=O)C(CNC(=O)OC(C)(C)C)NC(=O)c1sc(C(=O)NCc2cccc(O)c2)cc1C(C)C. The first-order valence-electron chi connectivity index (χ1n) is 11.4. The molecule has 36 heavy (non-hydrogen) atoms. The number of methoxy groups -OCH3 is 1. The number of rotatable bonds is 9. The van der Waals surface area contributed by atoms with E-state index >= 15 is 0 Å². The minimum atomic E-state index is -1.17. The van der Waals surface area contributed by atoms with Gasteiger partial charge in [-0.3, -0.25) is 9.59 Å². The van der Waals surface area contributed by atoms with Gasteiger partial charge in [0.05, 0.1) is 23.4 Å². The summed E-state index contributed by atoms with van der Waals surface area (Å²) in [6.45, 7) is 8.83. The predicted octanol–water partition coefficient (Wildman–Crippen LogP) is 3.30. The molecule has 4 N–H and O–H groups in total. The number of aromatic hydroxyl groups is 1. The van der Waals surface area contributed by atoms with Crippen LogP contribution in [-0.2, 0) is 20.8 Å². The number of phenolic OH excluding ortho intramolecular Hbond substituents is 1. The Morgan fingerprint density at radius 1 is 1.06 bits per heavy atom. The fourth-order valence-corrected chi connectivity index (χ4v) is 4.25. The number of hydrogen-bond acceptors (Lipinski definition) is 8. The number of hydrogen-bond donors (Lipinski definition) is 4. The van der Waals surface area contributed by atoms with Gasteiger partial charge in [0.2, 0.25) is 0 Å². The van der Waals surface area contributed by atoms with E-state index in [1.807, 2.05) is 13.8 Å². The number of benzene rings is 1. The van der Waals surface area contributed by atoms with Crippen molar-refractivity contribution < 1.29 is 33.8 Å². The van der Waals surface area contributed by atoms with E-state index in [1.165, 1.54) is 13.2 Å². The van der Waals surface area contributed by atoms with Gasteiger partial charge in [-0.25, -0.2) is 9.59 Å². The molecule has 0 bridgehead atoms. The lowest BCUT2D eigenvalue weighted by Gasteiger charge is -2.21. The lowest BCUT2D eigenvalue weighted by Crippen LogP contribution is -2.49. The van der Waals surface area contributed by atoms with Gasteiger partial charge in [0.15, 0.2) is 0 Å². The molecule has 1 unspecified atom stereocenters. The maximum Gasteiger partial charge on any atom is 0.407 e. The molecule has 10 nitrogen and oxygen atoms in total. The molecule has 1 aromatic heterocycles. The molecular formula is C25H33N3O7S. The molecule has 0 aliphatic rings. The summed E-state index contributed by atoms with van der Waals surface area (Å²) in [5.74, 6) is -1.67. The van der Waals surface area contributed by atoms with Gasteiger partial charge in [-0.15, -0.1) is 11.3 Å². The summed E-state index contributed by atoms with van der Waals surface area (Å²) in [4.78, 5) is 50.7. The van der Waals surface area contributed by atoms with Crippen LogP contribution in [0.25, 0.3) is 0 Å². The van der Waals surface area contributed by atoms with Gasteiger partial charge in [-0.2, -0.15) is 0 Å². The molecular weight excluding hydrogens is 486 g/mol. The van der Waals surface area contributed by atoms with Gasteiger partial charge in [0.25, 0.3) is 11.8 Å². The third kappa shape index (κ3) is 8.56. The first kappa shape index (κ1) is 28.6. The van der Waals surface area contributed by atoms with Crippen molar-refractivity contribution in [3.63, 3.8) is 0 Å². The maximum absolute atomic E-state index is 13.1. The summed E-state index contributed by atoms with van der Waals surface area (Å²) in [7, 11) is 1.18.